The molecule has 2 fully saturated rings. The van der Waals surface area contributed by atoms with Crippen molar-refractivity contribution in [3.05, 3.63) is 15.6 Å². The van der Waals surface area contributed by atoms with E-state index < -0.39 is 0 Å². The minimum atomic E-state index is 0.212. The third-order valence-corrected chi connectivity index (χ3v) is 7.16. The summed E-state index contributed by atoms with van der Waals surface area (Å²) in [6.45, 7) is 4.80. The second kappa shape index (κ2) is 5.34. The maximum Gasteiger partial charge on any atom is 0.113 e. The number of aromatic nitrogens is 1. The highest BCUT2D eigenvalue weighted by Gasteiger charge is 2.44. The second-order valence-electron chi connectivity index (χ2n) is 7.84. The van der Waals surface area contributed by atoms with E-state index >= 15 is 0 Å². The van der Waals surface area contributed by atoms with Crippen molar-refractivity contribution in [2.45, 2.75) is 83.2 Å². The molecule has 0 amide bonds. The lowest BCUT2D eigenvalue weighted by atomic mass is 9.72. The van der Waals surface area contributed by atoms with Gasteiger partial charge in [0, 0.05) is 10.9 Å². The van der Waals surface area contributed by atoms with Crippen LogP contribution in [0.1, 0.15) is 74.4 Å². The first-order valence-electron chi connectivity index (χ1n) is 8.93. The summed E-state index contributed by atoms with van der Waals surface area (Å²) < 4.78 is 0. The number of hydrogen-bond donors (Lipinski definition) is 1. The van der Waals surface area contributed by atoms with E-state index in [2.05, 4.69) is 19.2 Å². The number of fused-ring (bicyclic) bond motifs is 1. The number of aryl methyl sites for hydroxylation is 2. The Bertz CT molecular complexity index is 496. The molecule has 116 valence electrons. The van der Waals surface area contributed by atoms with Crippen molar-refractivity contribution in [1.29, 1.82) is 0 Å². The molecule has 1 aromatic rings. The standard InChI is InChI=1S/C18H28N2S/c1-12(2)13-5-4-10-18(11-13,20-14-8-9-14)17-19-15-6-3-7-16(15)21-17/h12-14,20H,3-11H2,1-2H3. The predicted octanol–water partition coefficient (Wildman–Crippen LogP) is 4.43. The Hall–Kier alpha value is -0.410. The largest absolute Gasteiger partial charge is 0.303 e. The Labute approximate surface area is 132 Å². The quantitative estimate of drug-likeness (QED) is 0.890. The van der Waals surface area contributed by atoms with Crippen LogP contribution in [-0.4, -0.2) is 11.0 Å². The SMILES string of the molecule is CC(C)C1CCCC(NC2CC2)(c2nc3c(s2)CCC3)C1. The van der Waals surface area contributed by atoms with Crippen molar-refractivity contribution in [1.82, 2.24) is 10.3 Å². The third kappa shape index (κ3) is 2.68. The van der Waals surface area contributed by atoms with Gasteiger partial charge in [-0.2, -0.15) is 0 Å². The molecular weight excluding hydrogens is 276 g/mol. The van der Waals surface area contributed by atoms with Crippen LogP contribution in [0.5, 0.6) is 0 Å². The molecule has 3 aliphatic carbocycles. The van der Waals surface area contributed by atoms with Gasteiger partial charge in [0.05, 0.1) is 11.2 Å². The number of thiazole rings is 1. The van der Waals surface area contributed by atoms with Crippen LogP contribution in [0.3, 0.4) is 0 Å². The molecule has 4 rings (SSSR count). The number of rotatable bonds is 4. The fraction of sp³-hybridized carbons (Fsp3) is 0.833. The molecule has 2 saturated carbocycles. The summed E-state index contributed by atoms with van der Waals surface area (Å²) in [6.07, 6.45) is 12.0. The number of nitrogens with one attached hydrogen (secondary N) is 1. The van der Waals surface area contributed by atoms with Crippen LogP contribution in [0.25, 0.3) is 0 Å². The van der Waals surface area contributed by atoms with Gasteiger partial charge in [-0.3, -0.25) is 0 Å². The molecule has 3 aliphatic rings. The molecule has 2 nitrogen and oxygen atoms in total. The van der Waals surface area contributed by atoms with Crippen molar-refractivity contribution in [2.75, 3.05) is 0 Å². The Balaban J connectivity index is 1.65. The van der Waals surface area contributed by atoms with E-state index in [1.807, 2.05) is 11.3 Å². The highest BCUT2D eigenvalue weighted by atomic mass is 32.1. The van der Waals surface area contributed by atoms with Gasteiger partial charge in [0.15, 0.2) is 0 Å². The molecule has 0 radical (unpaired) electrons. The molecule has 2 atom stereocenters. The van der Waals surface area contributed by atoms with E-state index in [4.69, 9.17) is 4.98 Å². The Morgan fingerprint density at radius 3 is 2.76 bits per heavy atom. The molecule has 1 aromatic heterocycles. The monoisotopic (exact) mass is 304 g/mol. The van der Waals surface area contributed by atoms with Crippen molar-refractivity contribution >= 4 is 11.3 Å². The summed E-state index contributed by atoms with van der Waals surface area (Å²) in [5, 5.41) is 5.48. The smallest absolute Gasteiger partial charge is 0.113 e. The van der Waals surface area contributed by atoms with Gasteiger partial charge in [-0.1, -0.05) is 26.7 Å². The molecule has 3 heteroatoms. The molecule has 0 aromatic carbocycles. The van der Waals surface area contributed by atoms with Crippen LogP contribution in [0.2, 0.25) is 0 Å². The van der Waals surface area contributed by atoms with Crippen LogP contribution in [0.4, 0.5) is 0 Å². The normalized spacial score (nSPS) is 32.6. The van der Waals surface area contributed by atoms with E-state index in [1.54, 1.807) is 4.88 Å². The fourth-order valence-electron chi connectivity index (χ4n) is 4.29. The first-order valence-corrected chi connectivity index (χ1v) is 9.75. The summed E-state index contributed by atoms with van der Waals surface area (Å²) >= 11 is 2.04. The summed E-state index contributed by atoms with van der Waals surface area (Å²) in [6, 6.07) is 0.773. The molecule has 0 spiro atoms. The summed E-state index contributed by atoms with van der Waals surface area (Å²) in [4.78, 5) is 6.71. The molecule has 2 unspecified atom stereocenters. The van der Waals surface area contributed by atoms with Gasteiger partial charge < -0.3 is 5.32 Å². The van der Waals surface area contributed by atoms with Crippen LogP contribution < -0.4 is 5.32 Å². The van der Waals surface area contributed by atoms with E-state index in [0.29, 0.717) is 0 Å². The van der Waals surface area contributed by atoms with Gasteiger partial charge in [-0.05, 0) is 56.8 Å². The lowest BCUT2D eigenvalue weighted by molar-refractivity contribution is 0.145. The summed E-state index contributed by atoms with van der Waals surface area (Å²) in [5.74, 6) is 1.67. The Kier molecular flexibility index (Phi) is 3.61. The molecule has 21 heavy (non-hydrogen) atoms. The maximum atomic E-state index is 5.12. The second-order valence-corrected chi connectivity index (χ2v) is 8.93. The van der Waals surface area contributed by atoms with E-state index in [1.165, 1.54) is 68.5 Å². The fourth-order valence-corrected chi connectivity index (χ4v) is 5.63. The zero-order valence-electron chi connectivity index (χ0n) is 13.5. The van der Waals surface area contributed by atoms with Gasteiger partial charge in [0.1, 0.15) is 5.01 Å². The number of hydrogen-bond acceptors (Lipinski definition) is 3. The average Bonchev–Trinajstić information content (AvgIpc) is 3.00. The van der Waals surface area contributed by atoms with Crippen molar-refractivity contribution in [3.63, 3.8) is 0 Å². The van der Waals surface area contributed by atoms with E-state index in [0.717, 1.165) is 17.9 Å². The highest BCUT2D eigenvalue weighted by Crippen LogP contribution is 2.46. The predicted molar refractivity (Wildman–Crippen MR) is 88.8 cm³/mol. The van der Waals surface area contributed by atoms with Crippen LogP contribution in [0, 0.1) is 11.8 Å². The first kappa shape index (κ1) is 14.2. The Morgan fingerprint density at radius 1 is 1.19 bits per heavy atom. The van der Waals surface area contributed by atoms with Gasteiger partial charge in [-0.25, -0.2) is 4.98 Å². The van der Waals surface area contributed by atoms with Gasteiger partial charge in [-0.15, -0.1) is 11.3 Å². The van der Waals surface area contributed by atoms with Gasteiger partial charge >= 0.3 is 0 Å². The first-order chi connectivity index (χ1) is 10.2. The maximum absolute atomic E-state index is 5.12. The van der Waals surface area contributed by atoms with Crippen LogP contribution in [0.15, 0.2) is 0 Å². The lowest BCUT2D eigenvalue weighted by Gasteiger charge is -2.42. The van der Waals surface area contributed by atoms with E-state index in [9.17, 15) is 0 Å². The average molecular weight is 305 g/mol. The molecular formula is C18H28N2S. The van der Waals surface area contributed by atoms with Crippen molar-refractivity contribution in [3.8, 4) is 0 Å². The molecule has 0 aliphatic heterocycles. The molecule has 0 bridgehead atoms. The minimum Gasteiger partial charge on any atom is -0.303 e. The molecule has 1 N–H and O–H groups in total. The zero-order valence-corrected chi connectivity index (χ0v) is 14.3. The summed E-state index contributed by atoms with van der Waals surface area (Å²) in [5.41, 5.74) is 1.64. The van der Waals surface area contributed by atoms with Gasteiger partial charge in [0.2, 0.25) is 0 Å². The highest BCUT2D eigenvalue weighted by molar-refractivity contribution is 7.12. The molecule has 1 heterocycles. The van der Waals surface area contributed by atoms with Crippen LogP contribution in [-0.2, 0) is 18.4 Å². The van der Waals surface area contributed by atoms with E-state index in [-0.39, 0.29) is 5.54 Å². The zero-order chi connectivity index (χ0) is 14.4. The topological polar surface area (TPSA) is 24.9 Å². The minimum absolute atomic E-state index is 0.212. The van der Waals surface area contributed by atoms with Crippen molar-refractivity contribution < 1.29 is 0 Å². The van der Waals surface area contributed by atoms with Crippen LogP contribution >= 0.6 is 11.3 Å². The molecule has 0 saturated heterocycles. The Morgan fingerprint density at radius 2 is 2.05 bits per heavy atom. The number of nitrogens with zero attached hydrogens (tertiary/aromatic N) is 1. The summed E-state index contributed by atoms with van der Waals surface area (Å²) in [7, 11) is 0. The lowest BCUT2D eigenvalue weighted by Crippen LogP contribution is -2.47. The third-order valence-electron chi connectivity index (χ3n) is 5.79. The van der Waals surface area contributed by atoms with Crippen molar-refractivity contribution in [2.24, 2.45) is 11.8 Å². The van der Waals surface area contributed by atoms with Gasteiger partial charge in [0.25, 0.3) is 0 Å².